The summed E-state index contributed by atoms with van der Waals surface area (Å²) in [4.78, 5) is 14.8. The van der Waals surface area contributed by atoms with Gasteiger partial charge in [0.1, 0.15) is 0 Å². The van der Waals surface area contributed by atoms with Gasteiger partial charge in [-0.05, 0) is 31.7 Å². The van der Waals surface area contributed by atoms with Gasteiger partial charge in [0.05, 0.1) is 19.3 Å². The summed E-state index contributed by atoms with van der Waals surface area (Å²) in [5, 5.41) is 3.37. The molecule has 0 bridgehead atoms. The Morgan fingerprint density at radius 3 is 2.80 bits per heavy atom. The van der Waals surface area contributed by atoms with Gasteiger partial charge in [-0.1, -0.05) is 29.8 Å². The van der Waals surface area contributed by atoms with Crippen LogP contribution in [0.1, 0.15) is 30.4 Å². The number of ether oxygens (including phenoxy) is 2. The Labute approximate surface area is 150 Å². The first kappa shape index (κ1) is 18.4. The summed E-state index contributed by atoms with van der Waals surface area (Å²) < 4.78 is 11.2. The average molecular weight is 346 g/mol. The summed E-state index contributed by atoms with van der Waals surface area (Å²) in [6, 6.07) is 8.70. The van der Waals surface area contributed by atoms with Crippen LogP contribution in [0.3, 0.4) is 0 Å². The standard InChI is InChI=1S/C20H30N2O3/c1-16-4-6-17(7-5-16)8-10-22(14-19-3-2-11-25-19)20(23)13-18-15-24-12-9-21-18/h4-7,18-19,21H,2-3,8-15H2,1H3. The molecule has 1 amide bonds. The molecule has 138 valence electrons. The quantitative estimate of drug-likeness (QED) is 0.820. The van der Waals surface area contributed by atoms with Crippen LogP contribution in [-0.2, 0) is 20.7 Å². The third-order valence-corrected chi connectivity index (χ3v) is 5.01. The summed E-state index contributed by atoms with van der Waals surface area (Å²) >= 11 is 0. The van der Waals surface area contributed by atoms with Crippen LogP contribution in [0, 0.1) is 6.92 Å². The molecule has 2 atom stereocenters. The molecule has 0 radical (unpaired) electrons. The van der Waals surface area contributed by atoms with E-state index in [1.54, 1.807) is 0 Å². The van der Waals surface area contributed by atoms with Crippen molar-refractivity contribution < 1.29 is 14.3 Å². The molecule has 1 N–H and O–H groups in total. The zero-order valence-corrected chi connectivity index (χ0v) is 15.2. The van der Waals surface area contributed by atoms with Crippen molar-refractivity contribution in [2.24, 2.45) is 0 Å². The first-order valence-corrected chi connectivity index (χ1v) is 9.47. The number of nitrogens with zero attached hydrogens (tertiary/aromatic N) is 1. The SMILES string of the molecule is Cc1ccc(CCN(CC2CCCO2)C(=O)CC2COCCN2)cc1. The van der Waals surface area contributed by atoms with Crippen molar-refractivity contribution in [2.45, 2.75) is 44.8 Å². The second-order valence-corrected chi connectivity index (χ2v) is 7.14. The lowest BCUT2D eigenvalue weighted by Gasteiger charge is -2.29. The zero-order chi connectivity index (χ0) is 17.5. The van der Waals surface area contributed by atoms with Crippen LogP contribution in [-0.4, -0.2) is 62.4 Å². The van der Waals surface area contributed by atoms with E-state index in [1.165, 1.54) is 11.1 Å². The number of aryl methyl sites for hydroxylation is 1. The fourth-order valence-corrected chi connectivity index (χ4v) is 3.46. The summed E-state index contributed by atoms with van der Waals surface area (Å²) in [6.45, 7) is 6.55. The maximum absolute atomic E-state index is 12.8. The molecule has 25 heavy (non-hydrogen) atoms. The molecular formula is C20H30N2O3. The first-order valence-electron chi connectivity index (χ1n) is 9.47. The Kier molecular flexibility index (Phi) is 6.84. The summed E-state index contributed by atoms with van der Waals surface area (Å²) in [7, 11) is 0. The van der Waals surface area contributed by atoms with Gasteiger partial charge in [-0.3, -0.25) is 4.79 Å². The summed E-state index contributed by atoms with van der Waals surface area (Å²) in [5.41, 5.74) is 2.54. The van der Waals surface area contributed by atoms with Crippen LogP contribution in [0.25, 0.3) is 0 Å². The molecule has 0 spiro atoms. The fraction of sp³-hybridized carbons (Fsp3) is 0.650. The van der Waals surface area contributed by atoms with Crippen molar-refractivity contribution in [2.75, 3.05) is 39.5 Å². The monoisotopic (exact) mass is 346 g/mol. The Morgan fingerprint density at radius 1 is 1.28 bits per heavy atom. The molecule has 2 fully saturated rings. The largest absolute Gasteiger partial charge is 0.378 e. The van der Waals surface area contributed by atoms with Gasteiger partial charge in [-0.25, -0.2) is 0 Å². The molecule has 2 saturated heterocycles. The molecule has 2 heterocycles. The van der Waals surface area contributed by atoms with Crippen molar-refractivity contribution in [1.29, 1.82) is 0 Å². The predicted molar refractivity (Wildman–Crippen MR) is 97.7 cm³/mol. The van der Waals surface area contributed by atoms with Crippen LogP contribution in [0.15, 0.2) is 24.3 Å². The zero-order valence-electron chi connectivity index (χ0n) is 15.2. The van der Waals surface area contributed by atoms with Crippen LogP contribution in [0.4, 0.5) is 0 Å². The lowest BCUT2D eigenvalue weighted by Crippen LogP contribution is -2.46. The first-order chi connectivity index (χ1) is 12.2. The topological polar surface area (TPSA) is 50.8 Å². The Balaban J connectivity index is 1.56. The van der Waals surface area contributed by atoms with E-state index in [-0.39, 0.29) is 18.1 Å². The molecule has 5 heteroatoms. The molecule has 3 rings (SSSR count). The highest BCUT2D eigenvalue weighted by Crippen LogP contribution is 2.15. The van der Waals surface area contributed by atoms with Gasteiger partial charge in [0.2, 0.25) is 5.91 Å². The highest BCUT2D eigenvalue weighted by Gasteiger charge is 2.25. The molecule has 0 aromatic heterocycles. The molecule has 2 aliphatic heterocycles. The summed E-state index contributed by atoms with van der Waals surface area (Å²) in [6.07, 6.45) is 3.73. The Bertz CT molecular complexity index is 534. The van der Waals surface area contributed by atoms with Gasteiger partial charge in [-0.2, -0.15) is 0 Å². The van der Waals surface area contributed by atoms with Crippen LogP contribution in [0.5, 0.6) is 0 Å². The molecule has 2 aliphatic rings. The normalized spacial score (nSPS) is 23.6. The highest BCUT2D eigenvalue weighted by molar-refractivity contribution is 5.77. The number of hydrogen-bond acceptors (Lipinski definition) is 4. The fourth-order valence-electron chi connectivity index (χ4n) is 3.46. The Morgan fingerprint density at radius 2 is 2.12 bits per heavy atom. The van der Waals surface area contributed by atoms with Gasteiger partial charge in [0, 0.05) is 38.7 Å². The van der Waals surface area contributed by atoms with Crippen LogP contribution in [0.2, 0.25) is 0 Å². The summed E-state index contributed by atoms with van der Waals surface area (Å²) in [5.74, 6) is 0.200. The lowest BCUT2D eigenvalue weighted by molar-refractivity contribution is -0.134. The van der Waals surface area contributed by atoms with Crippen molar-refractivity contribution in [1.82, 2.24) is 10.2 Å². The van der Waals surface area contributed by atoms with E-state index in [1.807, 2.05) is 4.90 Å². The lowest BCUT2D eigenvalue weighted by atomic mass is 10.1. The number of amides is 1. The number of carbonyl (C=O) groups excluding carboxylic acids is 1. The minimum absolute atomic E-state index is 0.132. The number of hydrogen-bond donors (Lipinski definition) is 1. The van der Waals surface area contributed by atoms with E-state index in [4.69, 9.17) is 9.47 Å². The van der Waals surface area contributed by atoms with E-state index in [2.05, 4.69) is 36.5 Å². The van der Waals surface area contributed by atoms with Crippen molar-refractivity contribution in [3.8, 4) is 0 Å². The smallest absolute Gasteiger partial charge is 0.224 e. The molecule has 0 saturated carbocycles. The minimum atomic E-state index is 0.132. The maximum Gasteiger partial charge on any atom is 0.224 e. The number of morpholine rings is 1. The third-order valence-electron chi connectivity index (χ3n) is 5.01. The van der Waals surface area contributed by atoms with Gasteiger partial charge in [0.25, 0.3) is 0 Å². The van der Waals surface area contributed by atoms with E-state index >= 15 is 0 Å². The average Bonchev–Trinajstić information content (AvgIpc) is 3.14. The predicted octanol–water partition coefficient (Wildman–Crippen LogP) is 1.92. The number of rotatable bonds is 7. The van der Waals surface area contributed by atoms with Gasteiger partial charge in [0.15, 0.2) is 0 Å². The molecular weight excluding hydrogens is 316 g/mol. The molecule has 1 aromatic rings. The van der Waals surface area contributed by atoms with Crippen molar-refractivity contribution in [3.05, 3.63) is 35.4 Å². The number of benzene rings is 1. The number of nitrogens with one attached hydrogen (secondary N) is 1. The van der Waals surface area contributed by atoms with Crippen LogP contribution < -0.4 is 5.32 Å². The minimum Gasteiger partial charge on any atom is -0.378 e. The highest BCUT2D eigenvalue weighted by atomic mass is 16.5. The Hall–Kier alpha value is -1.43. The molecule has 5 nitrogen and oxygen atoms in total. The molecule has 2 unspecified atom stereocenters. The van der Waals surface area contributed by atoms with Crippen LogP contribution >= 0.6 is 0 Å². The van der Waals surface area contributed by atoms with E-state index in [0.717, 1.165) is 45.6 Å². The van der Waals surface area contributed by atoms with E-state index in [9.17, 15) is 4.79 Å². The van der Waals surface area contributed by atoms with Crippen molar-refractivity contribution >= 4 is 5.91 Å². The van der Waals surface area contributed by atoms with E-state index in [0.29, 0.717) is 19.6 Å². The van der Waals surface area contributed by atoms with Gasteiger partial charge in [-0.15, -0.1) is 0 Å². The van der Waals surface area contributed by atoms with Gasteiger partial charge < -0.3 is 19.7 Å². The molecule has 0 aliphatic carbocycles. The number of carbonyl (C=O) groups is 1. The second-order valence-electron chi connectivity index (χ2n) is 7.14. The van der Waals surface area contributed by atoms with Gasteiger partial charge >= 0.3 is 0 Å². The third kappa shape index (κ3) is 5.80. The van der Waals surface area contributed by atoms with E-state index < -0.39 is 0 Å². The molecule has 1 aromatic carbocycles. The maximum atomic E-state index is 12.8. The van der Waals surface area contributed by atoms with Crippen molar-refractivity contribution in [3.63, 3.8) is 0 Å². The second kappa shape index (κ2) is 9.32.